The molecule has 0 aromatic heterocycles. The van der Waals surface area contributed by atoms with E-state index in [-0.39, 0.29) is 12.6 Å². The second kappa shape index (κ2) is 11.0. The van der Waals surface area contributed by atoms with Gasteiger partial charge in [0.25, 0.3) is 0 Å². The molecule has 2 saturated heterocycles. The largest absolute Gasteiger partial charge is 0.497 e. The van der Waals surface area contributed by atoms with Gasteiger partial charge in [0.15, 0.2) is 0 Å². The minimum atomic E-state index is -0.565. The number of nitrogens with zero attached hydrogens (tertiary/aromatic N) is 2. The van der Waals surface area contributed by atoms with Crippen LogP contribution >= 0.6 is 0 Å². The van der Waals surface area contributed by atoms with E-state index in [1.165, 1.54) is 32.4 Å². The van der Waals surface area contributed by atoms with Crippen LogP contribution in [0.25, 0.3) is 0 Å². The highest BCUT2D eigenvalue weighted by Crippen LogP contribution is 2.30. The van der Waals surface area contributed by atoms with E-state index in [0.717, 1.165) is 37.2 Å². The zero-order chi connectivity index (χ0) is 23.2. The molecule has 1 atom stereocenters. The number of likely N-dealkylation sites (tertiary alicyclic amines) is 2. The maximum atomic E-state index is 13.0. The van der Waals surface area contributed by atoms with E-state index in [1.807, 2.05) is 24.3 Å². The number of carbonyl (C=O) groups is 2. The number of ether oxygens (including phenoxy) is 2. The lowest BCUT2D eigenvalue weighted by Gasteiger charge is -2.41. The quantitative estimate of drug-likeness (QED) is 0.614. The van der Waals surface area contributed by atoms with Crippen molar-refractivity contribution in [2.24, 2.45) is 0 Å². The normalized spacial score (nSPS) is 23.1. The molecule has 8 nitrogen and oxygen atoms in total. The predicted molar refractivity (Wildman–Crippen MR) is 126 cm³/mol. The van der Waals surface area contributed by atoms with E-state index in [2.05, 4.69) is 20.4 Å². The number of amides is 2. The summed E-state index contributed by atoms with van der Waals surface area (Å²) < 4.78 is 10.6. The molecule has 0 saturated carbocycles. The second-order valence-corrected chi connectivity index (χ2v) is 9.02. The third kappa shape index (κ3) is 5.68. The van der Waals surface area contributed by atoms with Crippen LogP contribution in [0.1, 0.15) is 50.6 Å². The fourth-order valence-electron chi connectivity index (χ4n) is 5.19. The molecule has 3 aliphatic heterocycles. The van der Waals surface area contributed by atoms with Gasteiger partial charge in [-0.05, 0) is 63.4 Å². The lowest BCUT2D eigenvalue weighted by atomic mass is 9.94. The first-order chi connectivity index (χ1) is 16.1. The van der Waals surface area contributed by atoms with Crippen LogP contribution < -0.4 is 15.4 Å². The lowest BCUT2D eigenvalue weighted by molar-refractivity contribution is -0.139. The number of carbonyl (C=O) groups excluding carboxylic acids is 2. The highest BCUT2D eigenvalue weighted by atomic mass is 16.5. The van der Waals surface area contributed by atoms with Crippen LogP contribution in [0.5, 0.6) is 5.75 Å². The molecule has 4 rings (SSSR count). The number of hydrogen-bond acceptors (Lipinski definition) is 6. The van der Waals surface area contributed by atoms with Gasteiger partial charge >= 0.3 is 12.0 Å². The van der Waals surface area contributed by atoms with Crippen molar-refractivity contribution in [2.45, 2.75) is 51.1 Å². The van der Waals surface area contributed by atoms with Gasteiger partial charge in [-0.1, -0.05) is 18.6 Å². The number of rotatable bonds is 7. The minimum absolute atomic E-state index is 0.278. The van der Waals surface area contributed by atoms with Crippen LogP contribution in [0.15, 0.2) is 35.5 Å². The molecule has 2 fully saturated rings. The summed E-state index contributed by atoms with van der Waals surface area (Å²) in [7, 11) is 1.61. The Morgan fingerprint density at radius 2 is 1.76 bits per heavy atom. The number of hydrogen-bond donors (Lipinski definition) is 2. The molecule has 0 spiro atoms. The van der Waals surface area contributed by atoms with E-state index >= 15 is 0 Å². The molecular weight excluding hydrogens is 420 g/mol. The highest BCUT2D eigenvalue weighted by molar-refractivity contribution is 5.95. The number of methoxy groups -OCH3 is 1. The van der Waals surface area contributed by atoms with E-state index in [9.17, 15) is 9.59 Å². The van der Waals surface area contributed by atoms with Gasteiger partial charge in [0, 0.05) is 31.4 Å². The molecule has 0 unspecified atom stereocenters. The summed E-state index contributed by atoms with van der Waals surface area (Å²) >= 11 is 0. The maximum absolute atomic E-state index is 13.0. The van der Waals surface area contributed by atoms with Gasteiger partial charge in [0.05, 0.1) is 25.3 Å². The third-order valence-corrected chi connectivity index (χ3v) is 6.94. The first-order valence-corrected chi connectivity index (χ1v) is 12.2. The van der Waals surface area contributed by atoms with E-state index < -0.39 is 12.0 Å². The Bertz CT molecular complexity index is 856. The first-order valence-electron chi connectivity index (χ1n) is 12.2. The van der Waals surface area contributed by atoms with E-state index in [1.54, 1.807) is 14.0 Å². The summed E-state index contributed by atoms with van der Waals surface area (Å²) in [5.74, 6) is 0.321. The zero-order valence-corrected chi connectivity index (χ0v) is 19.8. The van der Waals surface area contributed by atoms with Crippen molar-refractivity contribution in [1.82, 2.24) is 20.4 Å². The topological polar surface area (TPSA) is 83.1 Å². The smallest absolute Gasteiger partial charge is 0.338 e. The average Bonchev–Trinajstić information content (AvgIpc) is 2.85. The van der Waals surface area contributed by atoms with Gasteiger partial charge in [0.1, 0.15) is 5.75 Å². The van der Waals surface area contributed by atoms with Crippen LogP contribution in [-0.2, 0) is 9.53 Å². The summed E-state index contributed by atoms with van der Waals surface area (Å²) in [5.41, 5.74) is 1.92. The van der Waals surface area contributed by atoms with Gasteiger partial charge in [-0.3, -0.25) is 4.90 Å². The molecule has 0 radical (unpaired) electrons. The fourth-order valence-corrected chi connectivity index (χ4v) is 5.19. The molecule has 0 aliphatic carbocycles. The fraction of sp³-hybridized carbons (Fsp3) is 0.600. The molecule has 8 heteroatoms. The maximum Gasteiger partial charge on any atom is 0.338 e. The SMILES string of the molecule is CCOC(=O)C1=C(CN2CCC(N3CCCCC3)CC2)NC(=O)N[C@H]1c1ccc(OC)cc1. The lowest BCUT2D eigenvalue weighted by Crippen LogP contribution is -2.51. The molecule has 33 heavy (non-hydrogen) atoms. The van der Waals surface area contributed by atoms with Gasteiger partial charge in [-0.2, -0.15) is 0 Å². The van der Waals surface area contributed by atoms with Crippen LogP contribution in [0.4, 0.5) is 4.79 Å². The molecule has 1 aromatic rings. The van der Waals surface area contributed by atoms with Crippen molar-refractivity contribution in [2.75, 3.05) is 46.4 Å². The number of urea groups is 1. The van der Waals surface area contributed by atoms with Crippen molar-refractivity contribution >= 4 is 12.0 Å². The Balaban J connectivity index is 1.52. The average molecular weight is 457 g/mol. The second-order valence-electron chi connectivity index (χ2n) is 9.02. The summed E-state index contributed by atoms with van der Waals surface area (Å²) in [6.45, 7) is 6.94. The molecule has 3 aliphatic rings. The van der Waals surface area contributed by atoms with Crippen molar-refractivity contribution in [3.63, 3.8) is 0 Å². The van der Waals surface area contributed by atoms with Crippen molar-refractivity contribution in [1.29, 1.82) is 0 Å². The van der Waals surface area contributed by atoms with E-state index in [0.29, 0.717) is 23.9 Å². The van der Waals surface area contributed by atoms with E-state index in [4.69, 9.17) is 9.47 Å². The molecule has 1 aromatic carbocycles. The third-order valence-electron chi connectivity index (χ3n) is 6.94. The summed E-state index contributed by atoms with van der Waals surface area (Å²) in [6, 6.07) is 7.18. The van der Waals surface area contributed by atoms with Crippen molar-refractivity contribution in [3.8, 4) is 5.75 Å². The summed E-state index contributed by atoms with van der Waals surface area (Å²) in [6.07, 6.45) is 6.21. The first kappa shape index (κ1) is 23.6. The van der Waals surface area contributed by atoms with Gasteiger partial charge < -0.3 is 25.0 Å². The molecule has 2 N–H and O–H groups in total. The number of benzene rings is 1. The Morgan fingerprint density at radius 3 is 2.39 bits per heavy atom. The summed E-state index contributed by atoms with van der Waals surface area (Å²) in [5, 5.41) is 5.80. The van der Waals surface area contributed by atoms with Gasteiger partial charge in [-0.15, -0.1) is 0 Å². The van der Waals surface area contributed by atoms with Crippen LogP contribution in [0.3, 0.4) is 0 Å². The minimum Gasteiger partial charge on any atom is -0.497 e. The number of nitrogens with one attached hydrogen (secondary N) is 2. The Hall–Kier alpha value is -2.58. The standard InChI is InChI=1S/C25H36N4O4/c1-3-33-24(30)22-21(17-28-15-11-19(12-16-28)29-13-5-4-6-14-29)26-25(31)27-23(22)18-7-9-20(32-2)10-8-18/h7-10,19,23H,3-6,11-17H2,1-2H3,(H2,26,27,31)/t23-/m0/s1. The Labute approximate surface area is 196 Å². The monoisotopic (exact) mass is 456 g/mol. The molecular formula is C25H36N4O4. The van der Waals surface area contributed by atoms with Crippen LogP contribution in [0.2, 0.25) is 0 Å². The Kier molecular flexibility index (Phi) is 7.88. The molecule has 3 heterocycles. The van der Waals surface area contributed by atoms with Gasteiger partial charge in [0.2, 0.25) is 0 Å². The molecule has 2 amide bonds. The van der Waals surface area contributed by atoms with Crippen molar-refractivity contribution in [3.05, 3.63) is 41.1 Å². The van der Waals surface area contributed by atoms with Crippen LogP contribution in [0, 0.1) is 0 Å². The molecule has 180 valence electrons. The number of esters is 1. The zero-order valence-electron chi connectivity index (χ0n) is 19.8. The highest BCUT2D eigenvalue weighted by Gasteiger charge is 2.35. The molecule has 0 bridgehead atoms. The predicted octanol–water partition coefficient (Wildman–Crippen LogP) is 2.82. The number of piperidine rings is 2. The van der Waals surface area contributed by atoms with Crippen molar-refractivity contribution < 1.29 is 19.1 Å². The van der Waals surface area contributed by atoms with Gasteiger partial charge in [-0.25, -0.2) is 9.59 Å². The van der Waals surface area contributed by atoms with Crippen LogP contribution in [-0.4, -0.2) is 74.3 Å². The Morgan fingerprint density at radius 1 is 1.06 bits per heavy atom. The summed E-state index contributed by atoms with van der Waals surface area (Å²) in [4.78, 5) is 30.5.